The molecule has 0 aromatic carbocycles. The molecule has 1 N–H and O–H groups in total. The van der Waals surface area contributed by atoms with Crippen LogP contribution in [-0.4, -0.2) is 26.0 Å². The molecule has 4 heteroatoms. The first kappa shape index (κ1) is 11.6. The minimum atomic E-state index is -0.155. The van der Waals surface area contributed by atoms with Gasteiger partial charge in [-0.05, 0) is 25.7 Å². The summed E-state index contributed by atoms with van der Waals surface area (Å²) >= 11 is 0. The molecule has 1 aromatic rings. The summed E-state index contributed by atoms with van der Waals surface area (Å²) in [6.07, 6.45) is 5.63. The maximum absolute atomic E-state index is 9.71. The molecular formula is C12H21N3O. The second-order valence-corrected chi connectivity index (χ2v) is 4.57. The van der Waals surface area contributed by atoms with Crippen molar-refractivity contribution in [3.05, 3.63) is 11.6 Å². The lowest BCUT2D eigenvalue weighted by atomic mass is 9.93. The quantitative estimate of drug-likeness (QED) is 0.851. The predicted molar refractivity (Wildman–Crippen MR) is 62.3 cm³/mol. The van der Waals surface area contributed by atoms with E-state index in [9.17, 15) is 5.11 Å². The molecule has 0 amide bonds. The highest BCUT2D eigenvalue weighted by atomic mass is 16.3. The van der Waals surface area contributed by atoms with Crippen LogP contribution >= 0.6 is 0 Å². The van der Waals surface area contributed by atoms with Crippen molar-refractivity contribution in [1.29, 1.82) is 0 Å². The number of nitrogens with zero attached hydrogens (tertiary/aromatic N) is 3. The Labute approximate surface area is 96.7 Å². The summed E-state index contributed by atoms with van der Waals surface area (Å²) in [5.74, 6) is 1.99. The number of aromatic nitrogens is 3. The van der Waals surface area contributed by atoms with Gasteiger partial charge in [0, 0.05) is 12.8 Å². The van der Waals surface area contributed by atoms with Crippen LogP contribution in [0.4, 0.5) is 0 Å². The first-order chi connectivity index (χ1) is 7.74. The van der Waals surface area contributed by atoms with E-state index in [1.165, 1.54) is 0 Å². The maximum Gasteiger partial charge on any atom is 0.150 e. The lowest BCUT2D eigenvalue weighted by Crippen LogP contribution is -2.24. The summed E-state index contributed by atoms with van der Waals surface area (Å²) in [5, 5.41) is 14.3. The van der Waals surface area contributed by atoms with Gasteiger partial charge in [-0.15, -0.1) is 0 Å². The van der Waals surface area contributed by atoms with E-state index in [4.69, 9.17) is 0 Å². The average molecular weight is 223 g/mol. The number of aliphatic hydroxyl groups is 1. The van der Waals surface area contributed by atoms with E-state index in [1.807, 2.05) is 0 Å². The van der Waals surface area contributed by atoms with Gasteiger partial charge in [0.2, 0.25) is 0 Å². The van der Waals surface area contributed by atoms with Crippen molar-refractivity contribution in [2.45, 2.75) is 64.5 Å². The number of aryl methyl sites for hydroxylation is 2. The highest BCUT2D eigenvalue weighted by Crippen LogP contribution is 2.28. The Morgan fingerprint density at radius 2 is 2.12 bits per heavy atom. The molecule has 1 heterocycles. The lowest BCUT2D eigenvalue weighted by Gasteiger charge is -2.26. The zero-order valence-corrected chi connectivity index (χ0v) is 10.2. The van der Waals surface area contributed by atoms with E-state index < -0.39 is 0 Å². The molecule has 0 aliphatic heterocycles. The Kier molecular flexibility index (Phi) is 3.59. The molecule has 1 aromatic heterocycles. The molecule has 1 fully saturated rings. The van der Waals surface area contributed by atoms with E-state index >= 15 is 0 Å². The summed E-state index contributed by atoms with van der Waals surface area (Å²) in [6, 6.07) is 0.353. The number of rotatable bonds is 3. The fourth-order valence-electron chi connectivity index (χ4n) is 2.45. The van der Waals surface area contributed by atoms with E-state index in [-0.39, 0.29) is 6.10 Å². The maximum atomic E-state index is 9.71. The third-order valence-corrected chi connectivity index (χ3v) is 3.34. The summed E-state index contributed by atoms with van der Waals surface area (Å²) in [5.41, 5.74) is 0. The van der Waals surface area contributed by atoms with E-state index in [0.717, 1.165) is 50.2 Å². The zero-order chi connectivity index (χ0) is 11.5. The Bertz CT molecular complexity index is 348. The van der Waals surface area contributed by atoms with Gasteiger partial charge in [0.05, 0.1) is 12.1 Å². The predicted octanol–water partition coefficient (Wildman–Crippen LogP) is 1.88. The first-order valence-corrected chi connectivity index (χ1v) is 6.37. The molecule has 4 nitrogen and oxygen atoms in total. The summed E-state index contributed by atoms with van der Waals surface area (Å²) < 4.78 is 2.06. The Balaban J connectivity index is 2.20. The van der Waals surface area contributed by atoms with Gasteiger partial charge >= 0.3 is 0 Å². The van der Waals surface area contributed by atoms with Crippen molar-refractivity contribution >= 4 is 0 Å². The molecule has 90 valence electrons. The molecule has 0 saturated heterocycles. The summed E-state index contributed by atoms with van der Waals surface area (Å²) in [7, 11) is 0. The molecule has 16 heavy (non-hydrogen) atoms. The Morgan fingerprint density at radius 1 is 1.31 bits per heavy atom. The SMILES string of the molecule is CCc1nc(CC)n(C2CCCC(O)C2)n1. The molecular weight excluding hydrogens is 202 g/mol. The van der Waals surface area contributed by atoms with E-state index in [1.54, 1.807) is 0 Å². The van der Waals surface area contributed by atoms with Gasteiger partial charge in [-0.3, -0.25) is 0 Å². The van der Waals surface area contributed by atoms with Crippen LogP contribution in [0.2, 0.25) is 0 Å². The molecule has 2 atom stereocenters. The van der Waals surface area contributed by atoms with Gasteiger partial charge in [-0.25, -0.2) is 9.67 Å². The zero-order valence-electron chi connectivity index (χ0n) is 10.2. The Hall–Kier alpha value is -0.900. The highest BCUT2D eigenvalue weighted by molar-refractivity contribution is 4.96. The van der Waals surface area contributed by atoms with Gasteiger partial charge in [-0.1, -0.05) is 13.8 Å². The first-order valence-electron chi connectivity index (χ1n) is 6.37. The van der Waals surface area contributed by atoms with Gasteiger partial charge < -0.3 is 5.11 Å². The van der Waals surface area contributed by atoms with Crippen LogP contribution in [0.15, 0.2) is 0 Å². The van der Waals surface area contributed by atoms with Gasteiger partial charge in [-0.2, -0.15) is 5.10 Å². The molecule has 2 unspecified atom stereocenters. The number of aliphatic hydroxyl groups excluding tert-OH is 1. The van der Waals surface area contributed by atoms with Gasteiger partial charge in [0.25, 0.3) is 0 Å². The third-order valence-electron chi connectivity index (χ3n) is 3.34. The monoisotopic (exact) mass is 223 g/mol. The smallest absolute Gasteiger partial charge is 0.150 e. The van der Waals surface area contributed by atoms with Crippen LogP contribution in [-0.2, 0) is 12.8 Å². The van der Waals surface area contributed by atoms with Gasteiger partial charge in [0.1, 0.15) is 5.82 Å². The fraction of sp³-hybridized carbons (Fsp3) is 0.833. The van der Waals surface area contributed by atoms with Crippen LogP contribution in [0.3, 0.4) is 0 Å². The summed E-state index contributed by atoms with van der Waals surface area (Å²) in [4.78, 5) is 4.52. The molecule has 0 radical (unpaired) electrons. The van der Waals surface area contributed by atoms with Crippen LogP contribution in [0, 0.1) is 0 Å². The molecule has 1 aliphatic carbocycles. The topological polar surface area (TPSA) is 50.9 Å². The van der Waals surface area contributed by atoms with Gasteiger partial charge in [0.15, 0.2) is 5.82 Å². The normalized spacial score (nSPS) is 25.9. The largest absolute Gasteiger partial charge is 0.393 e. The van der Waals surface area contributed by atoms with E-state index in [0.29, 0.717) is 6.04 Å². The van der Waals surface area contributed by atoms with Crippen LogP contribution in [0.25, 0.3) is 0 Å². The van der Waals surface area contributed by atoms with Crippen molar-refractivity contribution in [3.8, 4) is 0 Å². The fourth-order valence-corrected chi connectivity index (χ4v) is 2.45. The minimum absolute atomic E-state index is 0.155. The number of hydrogen-bond donors (Lipinski definition) is 1. The molecule has 1 saturated carbocycles. The van der Waals surface area contributed by atoms with Crippen molar-refractivity contribution < 1.29 is 5.11 Å². The van der Waals surface area contributed by atoms with Crippen molar-refractivity contribution in [3.63, 3.8) is 0 Å². The molecule has 1 aliphatic rings. The summed E-state index contributed by atoms with van der Waals surface area (Å²) in [6.45, 7) is 4.19. The average Bonchev–Trinajstić information content (AvgIpc) is 2.72. The standard InChI is InChI=1S/C12H21N3O/c1-3-11-13-12(4-2)15(14-11)9-6-5-7-10(16)8-9/h9-10,16H,3-8H2,1-2H3. The van der Waals surface area contributed by atoms with Crippen LogP contribution < -0.4 is 0 Å². The van der Waals surface area contributed by atoms with Crippen molar-refractivity contribution in [1.82, 2.24) is 14.8 Å². The second-order valence-electron chi connectivity index (χ2n) is 4.57. The molecule has 2 rings (SSSR count). The highest BCUT2D eigenvalue weighted by Gasteiger charge is 2.24. The van der Waals surface area contributed by atoms with Crippen molar-refractivity contribution in [2.24, 2.45) is 0 Å². The van der Waals surface area contributed by atoms with Crippen LogP contribution in [0.5, 0.6) is 0 Å². The molecule has 0 bridgehead atoms. The number of hydrogen-bond acceptors (Lipinski definition) is 3. The van der Waals surface area contributed by atoms with E-state index in [2.05, 4.69) is 28.6 Å². The lowest BCUT2D eigenvalue weighted by molar-refractivity contribution is 0.0990. The van der Waals surface area contributed by atoms with Crippen molar-refractivity contribution in [2.75, 3.05) is 0 Å². The Morgan fingerprint density at radius 3 is 2.75 bits per heavy atom. The second kappa shape index (κ2) is 4.95. The molecule has 0 spiro atoms. The minimum Gasteiger partial charge on any atom is -0.393 e. The third kappa shape index (κ3) is 2.26. The van der Waals surface area contributed by atoms with Crippen LogP contribution in [0.1, 0.15) is 57.2 Å².